The lowest BCUT2D eigenvalue weighted by molar-refractivity contribution is -0.124. The van der Waals surface area contributed by atoms with E-state index in [1.54, 1.807) is 11.3 Å². The Hall–Kier alpha value is -1.57. The van der Waals surface area contributed by atoms with Crippen LogP contribution in [0.15, 0.2) is 34.1 Å². The molecule has 7 heteroatoms. The second kappa shape index (κ2) is 8.43. The summed E-state index contributed by atoms with van der Waals surface area (Å²) in [5.41, 5.74) is 0.812. The molecule has 28 heavy (non-hydrogen) atoms. The Kier molecular flexibility index (Phi) is 5.94. The number of ether oxygens (including phenoxy) is 2. The number of carbonyl (C=O) groups excluding carboxylic acids is 1. The van der Waals surface area contributed by atoms with Gasteiger partial charge in [0.1, 0.15) is 13.2 Å². The number of amides is 1. The van der Waals surface area contributed by atoms with Crippen molar-refractivity contribution >= 4 is 33.2 Å². The fraction of sp³-hybridized carbons (Fsp3) is 0.476. The van der Waals surface area contributed by atoms with Gasteiger partial charge in [-0.25, -0.2) is 0 Å². The maximum atomic E-state index is 12.9. The molecule has 0 spiro atoms. The number of hydrogen-bond donors (Lipinski definition) is 1. The summed E-state index contributed by atoms with van der Waals surface area (Å²) in [6, 6.07) is 10.2. The molecule has 1 N–H and O–H groups in total. The molecule has 2 heterocycles. The van der Waals surface area contributed by atoms with E-state index < -0.39 is 0 Å². The summed E-state index contributed by atoms with van der Waals surface area (Å²) in [5.74, 6) is 1.64. The van der Waals surface area contributed by atoms with Crippen LogP contribution in [0.4, 0.5) is 0 Å². The largest absolute Gasteiger partial charge is 0.486 e. The zero-order chi connectivity index (χ0) is 19.6. The van der Waals surface area contributed by atoms with Crippen LogP contribution in [0.1, 0.15) is 36.1 Å². The van der Waals surface area contributed by atoms with Crippen LogP contribution in [0.25, 0.3) is 0 Å². The van der Waals surface area contributed by atoms with Gasteiger partial charge in [-0.1, -0.05) is 18.9 Å². The number of thiophene rings is 1. The number of likely N-dealkylation sites (N-methyl/N-ethyl adjacent to an activating group) is 1. The molecule has 1 aromatic heterocycles. The molecule has 1 aliphatic heterocycles. The number of nitrogens with zero attached hydrogens (tertiary/aromatic N) is 1. The van der Waals surface area contributed by atoms with Gasteiger partial charge in [-0.15, -0.1) is 11.3 Å². The number of nitrogens with one attached hydrogen (secondary N) is 1. The third-order valence-corrected chi connectivity index (χ3v) is 7.01. The van der Waals surface area contributed by atoms with Crippen LogP contribution >= 0.6 is 27.3 Å². The first-order valence-corrected chi connectivity index (χ1v) is 11.3. The minimum Gasteiger partial charge on any atom is -0.486 e. The quantitative estimate of drug-likeness (QED) is 0.692. The molecule has 0 radical (unpaired) electrons. The van der Waals surface area contributed by atoms with Gasteiger partial charge >= 0.3 is 0 Å². The Bertz CT molecular complexity index is 848. The normalized spacial score (nSPS) is 17.7. The molecular formula is C21H25BrN2O3S. The molecule has 1 aliphatic carbocycles. The molecule has 1 fully saturated rings. The van der Waals surface area contributed by atoms with E-state index in [4.69, 9.17) is 9.47 Å². The Morgan fingerprint density at radius 3 is 2.64 bits per heavy atom. The fourth-order valence-electron chi connectivity index (χ4n) is 4.12. The third kappa shape index (κ3) is 4.36. The van der Waals surface area contributed by atoms with Gasteiger partial charge in [-0.2, -0.15) is 0 Å². The van der Waals surface area contributed by atoms with Crippen molar-refractivity contribution in [1.29, 1.82) is 0 Å². The summed E-state index contributed by atoms with van der Waals surface area (Å²) >= 11 is 5.19. The van der Waals surface area contributed by atoms with Crippen LogP contribution in [-0.4, -0.2) is 37.6 Å². The number of halogens is 1. The van der Waals surface area contributed by atoms with Gasteiger partial charge in [0.2, 0.25) is 5.91 Å². The van der Waals surface area contributed by atoms with Gasteiger partial charge < -0.3 is 14.8 Å². The lowest BCUT2D eigenvalue weighted by Crippen LogP contribution is -2.47. The summed E-state index contributed by atoms with van der Waals surface area (Å²) in [6.07, 6.45) is 4.15. The smallest absolute Gasteiger partial charge is 0.234 e. The number of fused-ring (bicyclic) bond motifs is 1. The van der Waals surface area contributed by atoms with E-state index in [0.29, 0.717) is 19.8 Å². The van der Waals surface area contributed by atoms with Gasteiger partial charge in [0.25, 0.3) is 0 Å². The summed E-state index contributed by atoms with van der Waals surface area (Å²) in [7, 11) is 1.98. The monoisotopic (exact) mass is 464 g/mol. The number of rotatable bonds is 6. The van der Waals surface area contributed by atoms with Crippen molar-refractivity contribution in [3.63, 3.8) is 0 Å². The lowest BCUT2D eigenvalue weighted by atomic mass is 9.87. The highest BCUT2D eigenvalue weighted by Gasteiger charge is 2.38. The van der Waals surface area contributed by atoms with E-state index in [9.17, 15) is 4.79 Å². The Balaban J connectivity index is 1.45. The van der Waals surface area contributed by atoms with Gasteiger partial charge in [0.05, 0.1) is 15.9 Å². The average molecular weight is 465 g/mol. The van der Waals surface area contributed by atoms with E-state index in [2.05, 4.69) is 38.3 Å². The number of hydrogen-bond acceptors (Lipinski definition) is 5. The first kappa shape index (κ1) is 19.7. The summed E-state index contributed by atoms with van der Waals surface area (Å²) in [6.45, 7) is 2.29. The van der Waals surface area contributed by atoms with Crippen molar-refractivity contribution in [2.75, 3.05) is 26.8 Å². The van der Waals surface area contributed by atoms with Crippen LogP contribution in [-0.2, 0) is 16.9 Å². The molecule has 1 aromatic carbocycles. The predicted molar refractivity (Wildman–Crippen MR) is 114 cm³/mol. The molecular weight excluding hydrogens is 440 g/mol. The second-order valence-corrected chi connectivity index (χ2v) is 10.1. The van der Waals surface area contributed by atoms with Crippen LogP contribution in [0.5, 0.6) is 11.5 Å². The predicted octanol–water partition coefficient (Wildman–Crippen LogP) is 4.30. The van der Waals surface area contributed by atoms with E-state index in [1.807, 2.05) is 25.2 Å². The highest BCUT2D eigenvalue weighted by Crippen LogP contribution is 2.42. The molecule has 1 saturated carbocycles. The first-order valence-electron chi connectivity index (χ1n) is 9.68. The van der Waals surface area contributed by atoms with Crippen molar-refractivity contribution in [3.05, 3.63) is 44.6 Å². The molecule has 2 aliphatic rings. The zero-order valence-corrected chi connectivity index (χ0v) is 18.4. The van der Waals surface area contributed by atoms with E-state index in [1.165, 1.54) is 4.88 Å². The number of benzene rings is 1. The second-order valence-electron chi connectivity index (χ2n) is 7.57. The Labute approximate surface area is 178 Å². The van der Waals surface area contributed by atoms with Crippen LogP contribution in [0.2, 0.25) is 0 Å². The van der Waals surface area contributed by atoms with Gasteiger partial charge in [0.15, 0.2) is 11.5 Å². The average Bonchev–Trinajstić information content (AvgIpc) is 3.31. The van der Waals surface area contributed by atoms with Crippen molar-refractivity contribution in [1.82, 2.24) is 10.2 Å². The minimum atomic E-state index is -0.306. The highest BCUT2D eigenvalue weighted by atomic mass is 79.9. The molecule has 4 rings (SSSR count). The zero-order valence-electron chi connectivity index (χ0n) is 16.0. The van der Waals surface area contributed by atoms with Gasteiger partial charge in [-0.05, 0) is 65.6 Å². The van der Waals surface area contributed by atoms with Gasteiger partial charge in [0, 0.05) is 11.4 Å². The van der Waals surface area contributed by atoms with E-state index in [-0.39, 0.29) is 11.4 Å². The summed E-state index contributed by atoms with van der Waals surface area (Å²) < 4.78 is 12.5. The van der Waals surface area contributed by atoms with Crippen molar-refractivity contribution in [2.24, 2.45) is 0 Å². The minimum absolute atomic E-state index is 0.0647. The maximum Gasteiger partial charge on any atom is 0.234 e. The van der Waals surface area contributed by atoms with Crippen molar-refractivity contribution in [3.8, 4) is 11.5 Å². The maximum absolute atomic E-state index is 12.9. The molecule has 0 atom stereocenters. The SMILES string of the molecule is CN(CC(=O)NC1(c2ccc3c(c2)OCCO3)CCCC1)Cc1ccc(Br)s1. The highest BCUT2D eigenvalue weighted by molar-refractivity contribution is 9.11. The third-order valence-electron chi connectivity index (χ3n) is 5.40. The molecule has 2 aromatic rings. The summed E-state index contributed by atoms with van der Waals surface area (Å²) in [4.78, 5) is 16.2. The van der Waals surface area contributed by atoms with Crippen LogP contribution < -0.4 is 14.8 Å². The molecule has 1 amide bonds. The van der Waals surface area contributed by atoms with Gasteiger partial charge in [-0.3, -0.25) is 9.69 Å². The van der Waals surface area contributed by atoms with Crippen molar-refractivity contribution < 1.29 is 14.3 Å². The standard InChI is InChI=1S/C21H25BrN2O3S/c1-24(13-16-5-7-19(22)28-16)14-20(25)23-21(8-2-3-9-21)15-4-6-17-18(12-15)27-11-10-26-17/h4-7,12H,2-3,8-11,13-14H2,1H3,(H,23,25). The fourth-order valence-corrected chi connectivity index (χ4v) is 5.68. The molecule has 5 nitrogen and oxygen atoms in total. The van der Waals surface area contributed by atoms with Crippen molar-refractivity contribution in [2.45, 2.75) is 37.8 Å². The Morgan fingerprint density at radius 2 is 1.93 bits per heavy atom. The summed E-state index contributed by atoms with van der Waals surface area (Å²) in [5, 5.41) is 3.35. The van der Waals surface area contributed by atoms with Crippen LogP contribution in [0.3, 0.4) is 0 Å². The topological polar surface area (TPSA) is 50.8 Å². The van der Waals surface area contributed by atoms with Crippen LogP contribution in [0, 0.1) is 0 Å². The Morgan fingerprint density at radius 1 is 1.18 bits per heavy atom. The van der Waals surface area contributed by atoms with E-state index >= 15 is 0 Å². The molecule has 0 unspecified atom stereocenters. The molecule has 0 bridgehead atoms. The number of carbonyl (C=O) groups is 1. The first-order chi connectivity index (χ1) is 13.5. The molecule has 0 saturated heterocycles. The van der Waals surface area contributed by atoms with E-state index in [0.717, 1.165) is 53.1 Å². The molecule has 150 valence electrons. The lowest BCUT2D eigenvalue weighted by Gasteiger charge is -2.33.